The Labute approximate surface area is 201 Å². The van der Waals surface area contributed by atoms with E-state index in [0.717, 1.165) is 0 Å². The van der Waals surface area contributed by atoms with Gasteiger partial charge in [0.1, 0.15) is 0 Å². The Morgan fingerprint density at radius 2 is 1.57 bits per heavy atom. The lowest BCUT2D eigenvalue weighted by Crippen LogP contribution is -2.31. The van der Waals surface area contributed by atoms with Crippen LogP contribution in [0.2, 0.25) is 0 Å². The molecule has 9 nitrogen and oxygen atoms in total. The molecule has 1 heterocycles. The van der Waals surface area contributed by atoms with Crippen molar-refractivity contribution in [3.8, 4) is 0 Å². The van der Waals surface area contributed by atoms with Crippen molar-refractivity contribution in [1.82, 2.24) is 0 Å². The number of rotatable bonds is 6. The monoisotopic (exact) mass is 476 g/mol. The predicted octanol–water partition coefficient (Wildman–Crippen LogP) is 2.97. The summed E-state index contributed by atoms with van der Waals surface area (Å²) in [5.41, 5.74) is 1.33. The molecule has 0 saturated carbocycles. The molecule has 180 valence electrons. The van der Waals surface area contributed by atoms with E-state index >= 15 is 0 Å². The van der Waals surface area contributed by atoms with Crippen molar-refractivity contribution in [1.29, 1.82) is 0 Å². The molecule has 1 aliphatic heterocycles. The average molecular weight is 476 g/mol. The molecule has 4 rings (SSSR count). The van der Waals surface area contributed by atoms with Gasteiger partial charge in [0.2, 0.25) is 11.8 Å². The number of allylic oxidation sites excluding steroid dienone is 2. The molecule has 0 aromatic heterocycles. The first-order valence-electron chi connectivity index (χ1n) is 11.1. The Kier molecular flexibility index (Phi) is 6.77. The van der Waals surface area contributed by atoms with Crippen LogP contribution in [0.15, 0.2) is 60.7 Å². The van der Waals surface area contributed by atoms with Gasteiger partial charge >= 0.3 is 11.9 Å². The quantitative estimate of drug-likeness (QED) is 0.387. The highest BCUT2D eigenvalue weighted by molar-refractivity contribution is 6.22. The number of ether oxygens (including phenoxy) is 2. The summed E-state index contributed by atoms with van der Waals surface area (Å²) >= 11 is 0. The third kappa shape index (κ3) is 4.84. The van der Waals surface area contributed by atoms with E-state index in [0.29, 0.717) is 23.4 Å². The third-order valence-electron chi connectivity index (χ3n) is 6.16. The van der Waals surface area contributed by atoms with Crippen LogP contribution in [-0.2, 0) is 23.9 Å². The topological polar surface area (TPSA) is 119 Å². The fraction of sp³-hybridized carbons (Fsp3) is 0.269. The van der Waals surface area contributed by atoms with Gasteiger partial charge in [-0.05, 0) is 60.9 Å². The molecule has 2 aromatic carbocycles. The molecule has 1 aliphatic carbocycles. The van der Waals surface area contributed by atoms with Crippen molar-refractivity contribution in [2.24, 2.45) is 17.8 Å². The number of imide groups is 1. The van der Waals surface area contributed by atoms with Crippen LogP contribution in [0.4, 0.5) is 11.4 Å². The summed E-state index contributed by atoms with van der Waals surface area (Å²) in [6, 6.07) is 12.0. The van der Waals surface area contributed by atoms with Gasteiger partial charge in [-0.25, -0.2) is 9.59 Å². The molecule has 35 heavy (non-hydrogen) atoms. The van der Waals surface area contributed by atoms with E-state index in [9.17, 15) is 24.0 Å². The second kappa shape index (κ2) is 9.92. The molecule has 9 heteroatoms. The molecular formula is C26H24N2O7. The van der Waals surface area contributed by atoms with Crippen LogP contribution in [0.3, 0.4) is 0 Å². The number of nitrogens with zero attached hydrogens (tertiary/aromatic N) is 1. The lowest BCUT2D eigenvalue weighted by molar-refractivity contribution is -0.123. The van der Waals surface area contributed by atoms with Crippen LogP contribution in [0.1, 0.15) is 34.1 Å². The molecule has 0 unspecified atom stereocenters. The fourth-order valence-electron chi connectivity index (χ4n) is 4.37. The second-order valence-corrected chi connectivity index (χ2v) is 8.41. The van der Waals surface area contributed by atoms with Gasteiger partial charge in [0.25, 0.3) is 5.91 Å². The number of hydrogen-bond donors (Lipinski definition) is 1. The van der Waals surface area contributed by atoms with Crippen LogP contribution in [0, 0.1) is 17.8 Å². The van der Waals surface area contributed by atoms with Gasteiger partial charge in [0.05, 0.1) is 35.8 Å². The molecule has 2 aliphatic rings. The number of fused-ring (bicyclic) bond motifs is 1. The summed E-state index contributed by atoms with van der Waals surface area (Å²) in [6.07, 6.45) is 4.44. The van der Waals surface area contributed by atoms with Crippen molar-refractivity contribution >= 4 is 41.0 Å². The van der Waals surface area contributed by atoms with Crippen LogP contribution < -0.4 is 10.2 Å². The molecule has 2 aromatic rings. The lowest BCUT2D eigenvalue weighted by atomic mass is 9.78. The second-order valence-electron chi connectivity index (χ2n) is 8.41. The van der Waals surface area contributed by atoms with E-state index in [1.54, 1.807) is 0 Å². The third-order valence-corrected chi connectivity index (χ3v) is 6.16. The first kappa shape index (κ1) is 23.9. The van der Waals surface area contributed by atoms with Crippen molar-refractivity contribution < 1.29 is 33.4 Å². The van der Waals surface area contributed by atoms with Gasteiger partial charge in [0.15, 0.2) is 6.61 Å². The molecule has 0 bridgehead atoms. The zero-order chi connectivity index (χ0) is 25.1. The zero-order valence-corrected chi connectivity index (χ0v) is 19.2. The number of nitrogens with one attached hydrogen (secondary N) is 1. The van der Waals surface area contributed by atoms with E-state index in [4.69, 9.17) is 4.74 Å². The van der Waals surface area contributed by atoms with Crippen LogP contribution >= 0.6 is 0 Å². The van der Waals surface area contributed by atoms with Gasteiger partial charge in [-0.15, -0.1) is 0 Å². The smallest absolute Gasteiger partial charge is 0.338 e. The number of amides is 3. The average Bonchev–Trinajstić information content (AvgIpc) is 3.13. The van der Waals surface area contributed by atoms with E-state index in [1.165, 1.54) is 60.5 Å². The van der Waals surface area contributed by atoms with Crippen molar-refractivity contribution in [3.05, 3.63) is 71.8 Å². The van der Waals surface area contributed by atoms with Crippen molar-refractivity contribution in [2.75, 3.05) is 23.9 Å². The molecular weight excluding hydrogens is 452 g/mol. The molecule has 3 amide bonds. The van der Waals surface area contributed by atoms with Gasteiger partial charge in [-0.3, -0.25) is 19.3 Å². The number of hydrogen-bond acceptors (Lipinski definition) is 7. The number of anilines is 2. The minimum Gasteiger partial charge on any atom is -0.465 e. The normalized spacial score (nSPS) is 20.9. The SMILES string of the molecule is COC(=O)c1ccc(NC(=O)COC(=O)c2ccc(N3C(=O)[C@H]4[C@@H](C)C=CC[C@H]4C3=O)cc2)cc1. The maximum Gasteiger partial charge on any atom is 0.338 e. The largest absolute Gasteiger partial charge is 0.465 e. The predicted molar refractivity (Wildman–Crippen MR) is 126 cm³/mol. The summed E-state index contributed by atoms with van der Waals surface area (Å²) in [5, 5.41) is 2.56. The minimum atomic E-state index is -0.724. The van der Waals surface area contributed by atoms with Gasteiger partial charge in [0, 0.05) is 5.69 Å². The number of benzene rings is 2. The number of esters is 2. The van der Waals surface area contributed by atoms with Crippen molar-refractivity contribution in [3.63, 3.8) is 0 Å². The summed E-state index contributed by atoms with van der Waals surface area (Å²) in [4.78, 5) is 62.8. The Bertz CT molecular complexity index is 1200. The number of carbonyl (C=O) groups excluding carboxylic acids is 5. The minimum absolute atomic E-state index is 0.0126. The summed E-state index contributed by atoms with van der Waals surface area (Å²) in [5.74, 6) is -2.98. The Balaban J connectivity index is 1.33. The Morgan fingerprint density at radius 3 is 2.20 bits per heavy atom. The van der Waals surface area contributed by atoms with E-state index in [2.05, 4.69) is 10.1 Å². The van der Waals surface area contributed by atoms with E-state index < -0.39 is 24.5 Å². The van der Waals surface area contributed by atoms with Gasteiger partial charge < -0.3 is 14.8 Å². The molecule has 1 N–H and O–H groups in total. The zero-order valence-electron chi connectivity index (χ0n) is 19.2. The fourth-order valence-corrected chi connectivity index (χ4v) is 4.37. The van der Waals surface area contributed by atoms with Crippen LogP contribution in [-0.4, -0.2) is 43.4 Å². The lowest BCUT2D eigenvalue weighted by Gasteiger charge is -2.22. The summed E-state index contributed by atoms with van der Waals surface area (Å²) in [7, 11) is 1.27. The van der Waals surface area contributed by atoms with E-state index in [1.807, 2.05) is 19.1 Å². The highest BCUT2D eigenvalue weighted by Gasteiger charge is 2.50. The van der Waals surface area contributed by atoms with Crippen molar-refractivity contribution in [2.45, 2.75) is 13.3 Å². The molecule has 3 atom stereocenters. The summed E-state index contributed by atoms with van der Waals surface area (Å²) < 4.78 is 9.67. The number of carbonyl (C=O) groups is 5. The molecule has 0 spiro atoms. The summed E-state index contributed by atoms with van der Waals surface area (Å²) in [6.45, 7) is 1.41. The molecule has 1 fully saturated rings. The Hall–Kier alpha value is -4.27. The van der Waals surface area contributed by atoms with Gasteiger partial charge in [-0.2, -0.15) is 0 Å². The highest BCUT2D eigenvalue weighted by atomic mass is 16.5. The van der Waals surface area contributed by atoms with Gasteiger partial charge in [-0.1, -0.05) is 19.1 Å². The van der Waals surface area contributed by atoms with Crippen LogP contribution in [0.25, 0.3) is 0 Å². The van der Waals surface area contributed by atoms with E-state index in [-0.39, 0.29) is 35.1 Å². The molecule has 1 saturated heterocycles. The first-order valence-corrected chi connectivity index (χ1v) is 11.1. The first-order chi connectivity index (χ1) is 16.8. The maximum absolute atomic E-state index is 12.9. The van der Waals surface area contributed by atoms with Crippen LogP contribution in [0.5, 0.6) is 0 Å². The maximum atomic E-state index is 12.9. The Morgan fingerprint density at radius 1 is 0.943 bits per heavy atom. The number of methoxy groups -OCH3 is 1. The molecule has 0 radical (unpaired) electrons. The standard InChI is InChI=1S/C26H24N2O7/c1-15-4-3-5-20-22(15)24(31)28(23(20)30)19-12-8-17(9-13-19)26(33)35-14-21(29)27-18-10-6-16(7-11-18)25(32)34-2/h3-4,6-13,15,20,22H,5,14H2,1-2H3,(H,27,29)/t15-,20+,22-/m0/s1. The highest BCUT2D eigenvalue weighted by Crippen LogP contribution is 2.40.